The number of carbonyl (C=O) groups excluding carboxylic acids is 2. The molecule has 0 bridgehead atoms. The number of ketones is 1. The van der Waals surface area contributed by atoms with Gasteiger partial charge in [-0.1, -0.05) is 12.1 Å². The predicted molar refractivity (Wildman–Crippen MR) is 67.1 cm³/mol. The highest BCUT2D eigenvalue weighted by atomic mass is 19.1. The number of halogens is 1. The lowest BCUT2D eigenvalue weighted by Crippen LogP contribution is -2.17. The normalized spacial score (nSPS) is 11.0. The van der Waals surface area contributed by atoms with Crippen molar-refractivity contribution in [2.45, 2.75) is 13.8 Å². The second-order valence-corrected chi connectivity index (χ2v) is 3.52. The zero-order valence-corrected chi connectivity index (χ0v) is 10.8. The van der Waals surface area contributed by atoms with Crippen LogP contribution in [0.3, 0.4) is 0 Å². The van der Waals surface area contributed by atoms with Crippen molar-refractivity contribution in [1.29, 1.82) is 0 Å². The molecular weight excluding hydrogens is 251 g/mol. The molecule has 0 heterocycles. The molecule has 19 heavy (non-hydrogen) atoms. The van der Waals surface area contributed by atoms with E-state index in [1.54, 1.807) is 13.8 Å². The van der Waals surface area contributed by atoms with Crippen molar-refractivity contribution >= 4 is 11.8 Å². The Balaban J connectivity index is 3.08. The number of Topliss-reactive ketones (excluding diaryl/α,β-unsaturated/α-hetero) is 1. The Morgan fingerprint density at radius 3 is 2.47 bits per heavy atom. The summed E-state index contributed by atoms with van der Waals surface area (Å²) in [6, 6.07) is 5.43. The highest BCUT2D eigenvalue weighted by Gasteiger charge is 2.24. The molecule has 0 saturated carbocycles. The van der Waals surface area contributed by atoms with E-state index in [-0.39, 0.29) is 24.4 Å². The first-order chi connectivity index (χ1) is 9.11. The maximum absolute atomic E-state index is 13.5. The average Bonchev–Trinajstić information content (AvgIpc) is 2.39. The van der Waals surface area contributed by atoms with Gasteiger partial charge in [-0.2, -0.15) is 0 Å². The number of ether oxygens (including phenoxy) is 2. The minimum Gasteiger partial charge on any atom is -0.500 e. The number of esters is 1. The number of rotatable bonds is 6. The van der Waals surface area contributed by atoms with Gasteiger partial charge in [-0.3, -0.25) is 4.79 Å². The van der Waals surface area contributed by atoms with Gasteiger partial charge in [0.15, 0.2) is 0 Å². The zero-order valence-electron chi connectivity index (χ0n) is 10.8. The molecule has 1 aromatic carbocycles. The quantitative estimate of drug-likeness (QED) is 0.198. The Labute approximate surface area is 110 Å². The van der Waals surface area contributed by atoms with E-state index in [1.165, 1.54) is 18.2 Å². The van der Waals surface area contributed by atoms with Crippen molar-refractivity contribution in [1.82, 2.24) is 0 Å². The summed E-state index contributed by atoms with van der Waals surface area (Å²) in [6.45, 7) is 3.72. The molecule has 0 saturated heterocycles. The van der Waals surface area contributed by atoms with E-state index in [0.29, 0.717) is 0 Å². The zero-order chi connectivity index (χ0) is 14.3. The van der Waals surface area contributed by atoms with E-state index in [0.717, 1.165) is 12.3 Å². The summed E-state index contributed by atoms with van der Waals surface area (Å²) in [5.41, 5.74) is -0.518. The van der Waals surface area contributed by atoms with Gasteiger partial charge < -0.3 is 9.47 Å². The highest BCUT2D eigenvalue weighted by molar-refractivity contribution is 6.24. The van der Waals surface area contributed by atoms with E-state index in [2.05, 4.69) is 0 Å². The van der Waals surface area contributed by atoms with Crippen molar-refractivity contribution in [2.75, 3.05) is 13.2 Å². The second-order valence-electron chi connectivity index (χ2n) is 3.52. The van der Waals surface area contributed by atoms with Crippen LogP contribution in [0.5, 0.6) is 0 Å². The van der Waals surface area contributed by atoms with Gasteiger partial charge in [0.1, 0.15) is 17.7 Å². The molecule has 1 aromatic rings. The smallest absolute Gasteiger partial charge is 0.345 e. The van der Waals surface area contributed by atoms with Crippen molar-refractivity contribution in [3.63, 3.8) is 0 Å². The van der Waals surface area contributed by atoms with Gasteiger partial charge in [-0.05, 0) is 26.0 Å². The van der Waals surface area contributed by atoms with E-state index in [4.69, 9.17) is 9.47 Å². The fourth-order valence-electron chi connectivity index (χ4n) is 1.36. The predicted octanol–water partition coefficient (Wildman–Crippen LogP) is 2.49. The van der Waals surface area contributed by atoms with Gasteiger partial charge in [-0.15, -0.1) is 0 Å². The molecule has 0 aliphatic rings. The maximum Gasteiger partial charge on any atom is 0.345 e. The Bertz CT molecular complexity index is 494. The van der Waals surface area contributed by atoms with Crippen molar-refractivity contribution in [2.24, 2.45) is 0 Å². The van der Waals surface area contributed by atoms with Crippen LogP contribution >= 0.6 is 0 Å². The van der Waals surface area contributed by atoms with Crippen LogP contribution in [0, 0.1) is 5.82 Å². The summed E-state index contributed by atoms with van der Waals surface area (Å²) in [5.74, 6) is -2.28. The third-order valence-corrected chi connectivity index (χ3v) is 2.23. The standard InChI is InChI=1S/C14H15FO4/c1-3-18-9-11(14(17)19-4-2)13(16)10-7-5-6-8-12(10)15/h5-9H,3-4H2,1-2H3/b11-9+. The number of benzene rings is 1. The van der Waals surface area contributed by atoms with Crippen LogP contribution in [0.1, 0.15) is 24.2 Å². The summed E-state index contributed by atoms with van der Waals surface area (Å²) in [4.78, 5) is 23.8. The largest absolute Gasteiger partial charge is 0.500 e. The van der Waals surface area contributed by atoms with E-state index in [9.17, 15) is 14.0 Å². The average molecular weight is 266 g/mol. The molecule has 102 valence electrons. The molecule has 0 aromatic heterocycles. The third kappa shape index (κ3) is 3.91. The first kappa shape index (κ1) is 14.9. The summed E-state index contributed by atoms with van der Waals surface area (Å²) in [6.07, 6.45) is 1.01. The van der Waals surface area contributed by atoms with Gasteiger partial charge in [0.05, 0.1) is 18.8 Å². The Kier molecular flexibility index (Phi) is 5.73. The molecule has 0 aliphatic heterocycles. The molecule has 0 radical (unpaired) electrons. The second kappa shape index (κ2) is 7.31. The fourth-order valence-corrected chi connectivity index (χ4v) is 1.36. The van der Waals surface area contributed by atoms with Gasteiger partial charge >= 0.3 is 5.97 Å². The Morgan fingerprint density at radius 1 is 1.21 bits per heavy atom. The summed E-state index contributed by atoms with van der Waals surface area (Å²) < 4.78 is 23.2. The minimum atomic E-state index is -0.829. The van der Waals surface area contributed by atoms with Gasteiger partial charge in [-0.25, -0.2) is 9.18 Å². The first-order valence-corrected chi connectivity index (χ1v) is 5.89. The molecule has 0 atom stereocenters. The number of carbonyl (C=O) groups is 2. The Morgan fingerprint density at radius 2 is 1.89 bits per heavy atom. The molecule has 0 amide bonds. The molecule has 0 N–H and O–H groups in total. The SMILES string of the molecule is CCO/C=C(/C(=O)OCC)C(=O)c1ccccc1F. The van der Waals surface area contributed by atoms with Crippen LogP contribution in [-0.4, -0.2) is 25.0 Å². The van der Waals surface area contributed by atoms with Gasteiger partial charge in [0.25, 0.3) is 0 Å². The minimum absolute atomic E-state index is 0.118. The van der Waals surface area contributed by atoms with Crippen molar-refractivity contribution < 1.29 is 23.5 Å². The molecular formula is C14H15FO4. The van der Waals surface area contributed by atoms with Crippen LogP contribution in [0.25, 0.3) is 0 Å². The van der Waals surface area contributed by atoms with E-state index >= 15 is 0 Å². The third-order valence-electron chi connectivity index (χ3n) is 2.23. The monoisotopic (exact) mass is 266 g/mol. The van der Waals surface area contributed by atoms with Crippen molar-refractivity contribution in [3.8, 4) is 0 Å². The summed E-state index contributed by atoms with van der Waals surface area (Å²) >= 11 is 0. The first-order valence-electron chi connectivity index (χ1n) is 5.89. The molecule has 1 rings (SSSR count). The van der Waals surface area contributed by atoms with Crippen LogP contribution in [0.2, 0.25) is 0 Å². The van der Waals surface area contributed by atoms with Crippen LogP contribution in [0.15, 0.2) is 36.1 Å². The molecule has 0 aliphatic carbocycles. The molecule has 0 spiro atoms. The lowest BCUT2D eigenvalue weighted by molar-refractivity contribution is -0.138. The molecule has 0 unspecified atom stereocenters. The highest BCUT2D eigenvalue weighted by Crippen LogP contribution is 2.14. The molecule has 4 nitrogen and oxygen atoms in total. The number of hydrogen-bond acceptors (Lipinski definition) is 4. The van der Waals surface area contributed by atoms with Crippen LogP contribution < -0.4 is 0 Å². The van der Waals surface area contributed by atoms with Gasteiger partial charge in [0, 0.05) is 0 Å². The van der Waals surface area contributed by atoms with Crippen LogP contribution in [0.4, 0.5) is 4.39 Å². The van der Waals surface area contributed by atoms with Crippen LogP contribution in [-0.2, 0) is 14.3 Å². The molecule has 0 fully saturated rings. The lowest BCUT2D eigenvalue weighted by atomic mass is 10.0. The fraction of sp³-hybridized carbons (Fsp3) is 0.286. The molecule has 5 heteroatoms. The topological polar surface area (TPSA) is 52.6 Å². The van der Waals surface area contributed by atoms with Crippen molar-refractivity contribution in [3.05, 3.63) is 47.5 Å². The summed E-state index contributed by atoms with van der Waals surface area (Å²) in [5, 5.41) is 0. The van der Waals surface area contributed by atoms with E-state index < -0.39 is 17.6 Å². The maximum atomic E-state index is 13.5. The van der Waals surface area contributed by atoms with E-state index in [1.807, 2.05) is 0 Å². The lowest BCUT2D eigenvalue weighted by Gasteiger charge is -2.07. The Hall–Kier alpha value is -2.17. The summed E-state index contributed by atoms with van der Waals surface area (Å²) in [7, 11) is 0. The van der Waals surface area contributed by atoms with Gasteiger partial charge in [0.2, 0.25) is 5.78 Å². The number of hydrogen-bond donors (Lipinski definition) is 0.